The zero-order chi connectivity index (χ0) is 19.7. The SMILES string of the molecule is O=C(CN1C(=O)NC2(CCOCC2)C1=O)N1CCN(c2ccc(F)cc2)CC1. The number of anilines is 1. The van der Waals surface area contributed by atoms with E-state index in [-0.39, 0.29) is 24.2 Å². The van der Waals surface area contributed by atoms with Gasteiger partial charge in [0.1, 0.15) is 17.9 Å². The highest BCUT2D eigenvalue weighted by Crippen LogP contribution is 2.28. The summed E-state index contributed by atoms with van der Waals surface area (Å²) in [5, 5.41) is 2.76. The molecule has 9 heteroatoms. The van der Waals surface area contributed by atoms with Crippen molar-refractivity contribution in [3.63, 3.8) is 0 Å². The Morgan fingerprint density at radius 2 is 1.71 bits per heavy atom. The van der Waals surface area contributed by atoms with E-state index in [4.69, 9.17) is 4.74 Å². The average Bonchev–Trinajstić information content (AvgIpc) is 2.93. The van der Waals surface area contributed by atoms with Gasteiger partial charge in [0.15, 0.2) is 0 Å². The predicted octanol–water partition coefficient (Wildman–Crippen LogP) is 0.575. The molecule has 1 N–H and O–H groups in total. The van der Waals surface area contributed by atoms with Crippen molar-refractivity contribution < 1.29 is 23.5 Å². The number of carbonyl (C=O) groups is 3. The first kappa shape index (κ1) is 18.7. The summed E-state index contributed by atoms with van der Waals surface area (Å²) < 4.78 is 18.3. The number of urea groups is 1. The summed E-state index contributed by atoms with van der Waals surface area (Å²) in [7, 11) is 0. The number of piperazine rings is 1. The van der Waals surface area contributed by atoms with Crippen LogP contribution in [-0.2, 0) is 14.3 Å². The van der Waals surface area contributed by atoms with Gasteiger partial charge in [0.2, 0.25) is 5.91 Å². The lowest BCUT2D eigenvalue weighted by molar-refractivity contribution is -0.140. The van der Waals surface area contributed by atoms with Gasteiger partial charge in [0, 0.05) is 57.9 Å². The fourth-order valence-corrected chi connectivity index (χ4v) is 3.98. The molecule has 1 aromatic carbocycles. The van der Waals surface area contributed by atoms with E-state index in [0.29, 0.717) is 52.2 Å². The van der Waals surface area contributed by atoms with E-state index >= 15 is 0 Å². The van der Waals surface area contributed by atoms with Gasteiger partial charge in [-0.05, 0) is 24.3 Å². The third-order valence-corrected chi connectivity index (χ3v) is 5.71. The lowest BCUT2D eigenvalue weighted by Crippen LogP contribution is -2.53. The molecule has 3 aliphatic heterocycles. The molecule has 0 atom stereocenters. The Morgan fingerprint density at radius 3 is 2.36 bits per heavy atom. The summed E-state index contributed by atoms with van der Waals surface area (Å²) >= 11 is 0. The maximum absolute atomic E-state index is 13.1. The fraction of sp³-hybridized carbons (Fsp3) is 0.526. The molecule has 4 amide bonds. The number of rotatable bonds is 3. The van der Waals surface area contributed by atoms with Crippen LogP contribution in [0.5, 0.6) is 0 Å². The number of nitrogens with zero attached hydrogens (tertiary/aromatic N) is 3. The van der Waals surface area contributed by atoms with E-state index < -0.39 is 11.6 Å². The van der Waals surface area contributed by atoms with Gasteiger partial charge in [-0.3, -0.25) is 14.5 Å². The van der Waals surface area contributed by atoms with Crippen LogP contribution in [-0.4, -0.2) is 79.1 Å². The molecule has 0 radical (unpaired) electrons. The van der Waals surface area contributed by atoms with Crippen molar-refractivity contribution in [2.75, 3.05) is 50.8 Å². The quantitative estimate of drug-likeness (QED) is 0.764. The Kier molecular flexibility index (Phi) is 4.92. The molecule has 3 fully saturated rings. The fourth-order valence-electron chi connectivity index (χ4n) is 3.98. The Balaban J connectivity index is 1.34. The number of imide groups is 1. The summed E-state index contributed by atoms with van der Waals surface area (Å²) in [6, 6.07) is 5.75. The monoisotopic (exact) mass is 390 g/mol. The van der Waals surface area contributed by atoms with Gasteiger partial charge in [0.25, 0.3) is 5.91 Å². The molecule has 3 saturated heterocycles. The molecule has 3 heterocycles. The first-order chi connectivity index (χ1) is 13.5. The van der Waals surface area contributed by atoms with E-state index in [2.05, 4.69) is 10.2 Å². The zero-order valence-corrected chi connectivity index (χ0v) is 15.5. The largest absolute Gasteiger partial charge is 0.381 e. The second kappa shape index (κ2) is 7.38. The highest BCUT2D eigenvalue weighted by Gasteiger charge is 2.52. The first-order valence-electron chi connectivity index (χ1n) is 9.49. The van der Waals surface area contributed by atoms with Crippen LogP contribution in [0.3, 0.4) is 0 Å². The molecule has 0 unspecified atom stereocenters. The van der Waals surface area contributed by atoms with E-state index in [9.17, 15) is 18.8 Å². The Bertz CT molecular complexity index is 771. The van der Waals surface area contributed by atoms with Crippen molar-refractivity contribution in [3.05, 3.63) is 30.1 Å². The Morgan fingerprint density at radius 1 is 1.07 bits per heavy atom. The second-order valence-corrected chi connectivity index (χ2v) is 7.36. The van der Waals surface area contributed by atoms with Crippen molar-refractivity contribution in [1.29, 1.82) is 0 Å². The highest BCUT2D eigenvalue weighted by atomic mass is 19.1. The minimum absolute atomic E-state index is 0.244. The number of halogens is 1. The third kappa shape index (κ3) is 3.42. The van der Waals surface area contributed by atoms with Crippen molar-refractivity contribution in [2.24, 2.45) is 0 Å². The maximum atomic E-state index is 13.1. The third-order valence-electron chi connectivity index (χ3n) is 5.71. The normalized spacial score (nSPS) is 22.0. The topological polar surface area (TPSA) is 82.2 Å². The van der Waals surface area contributed by atoms with Crippen LogP contribution in [0, 0.1) is 5.82 Å². The van der Waals surface area contributed by atoms with Crippen molar-refractivity contribution in [2.45, 2.75) is 18.4 Å². The first-order valence-corrected chi connectivity index (χ1v) is 9.49. The summed E-state index contributed by atoms with van der Waals surface area (Å²) in [6.07, 6.45) is 0.858. The average molecular weight is 390 g/mol. The molecule has 0 bridgehead atoms. The molecule has 1 aromatic rings. The molecule has 0 saturated carbocycles. The van der Waals surface area contributed by atoms with E-state index in [1.807, 2.05) is 0 Å². The van der Waals surface area contributed by atoms with Crippen LogP contribution < -0.4 is 10.2 Å². The van der Waals surface area contributed by atoms with Gasteiger partial charge in [-0.25, -0.2) is 9.18 Å². The van der Waals surface area contributed by atoms with Crippen molar-refractivity contribution in [1.82, 2.24) is 15.1 Å². The van der Waals surface area contributed by atoms with Gasteiger partial charge in [-0.15, -0.1) is 0 Å². The molecule has 3 aliphatic rings. The van der Waals surface area contributed by atoms with Gasteiger partial charge in [-0.1, -0.05) is 0 Å². The highest BCUT2D eigenvalue weighted by molar-refractivity contribution is 6.09. The lowest BCUT2D eigenvalue weighted by atomic mass is 9.90. The van der Waals surface area contributed by atoms with Crippen LogP contribution in [0.4, 0.5) is 14.9 Å². The summed E-state index contributed by atoms with van der Waals surface area (Å²) in [4.78, 5) is 42.5. The zero-order valence-electron chi connectivity index (χ0n) is 15.5. The molecular weight excluding hydrogens is 367 g/mol. The lowest BCUT2D eigenvalue weighted by Gasteiger charge is -2.36. The van der Waals surface area contributed by atoms with Gasteiger partial charge in [-0.2, -0.15) is 0 Å². The van der Waals surface area contributed by atoms with Gasteiger partial charge >= 0.3 is 6.03 Å². The maximum Gasteiger partial charge on any atom is 0.325 e. The van der Waals surface area contributed by atoms with Crippen LogP contribution in [0.1, 0.15) is 12.8 Å². The van der Waals surface area contributed by atoms with E-state index in [1.54, 1.807) is 17.0 Å². The minimum Gasteiger partial charge on any atom is -0.381 e. The van der Waals surface area contributed by atoms with Crippen LogP contribution >= 0.6 is 0 Å². The second-order valence-electron chi connectivity index (χ2n) is 7.36. The molecule has 4 rings (SSSR count). The molecule has 150 valence electrons. The van der Waals surface area contributed by atoms with Crippen LogP contribution in [0.2, 0.25) is 0 Å². The standard InChI is InChI=1S/C19H23FN4O4/c20-14-1-3-15(4-2-14)22-7-9-23(10-8-22)16(25)13-24-17(26)19(21-18(24)27)5-11-28-12-6-19/h1-4H,5-13H2,(H,21,27). The smallest absolute Gasteiger partial charge is 0.325 e. The molecule has 0 aromatic heterocycles. The number of carbonyl (C=O) groups excluding carboxylic acids is 3. The number of amides is 4. The molecular formula is C19H23FN4O4. The Hall–Kier alpha value is -2.68. The Labute approximate surface area is 162 Å². The number of nitrogens with one attached hydrogen (secondary N) is 1. The molecule has 8 nitrogen and oxygen atoms in total. The molecule has 1 spiro atoms. The molecule has 28 heavy (non-hydrogen) atoms. The van der Waals surface area contributed by atoms with E-state index in [0.717, 1.165) is 10.6 Å². The van der Waals surface area contributed by atoms with Crippen LogP contribution in [0.25, 0.3) is 0 Å². The van der Waals surface area contributed by atoms with E-state index in [1.165, 1.54) is 12.1 Å². The number of ether oxygens (including phenoxy) is 1. The summed E-state index contributed by atoms with van der Waals surface area (Å²) in [6.45, 7) is 2.78. The molecule has 0 aliphatic carbocycles. The van der Waals surface area contributed by atoms with Crippen molar-refractivity contribution in [3.8, 4) is 0 Å². The number of benzene rings is 1. The predicted molar refractivity (Wildman–Crippen MR) is 98.2 cm³/mol. The number of hydrogen-bond acceptors (Lipinski definition) is 5. The van der Waals surface area contributed by atoms with Gasteiger partial charge < -0.3 is 19.9 Å². The number of hydrogen-bond donors (Lipinski definition) is 1. The van der Waals surface area contributed by atoms with Gasteiger partial charge in [0.05, 0.1) is 0 Å². The summed E-state index contributed by atoms with van der Waals surface area (Å²) in [5.74, 6) is -0.862. The van der Waals surface area contributed by atoms with Crippen molar-refractivity contribution >= 4 is 23.5 Å². The summed E-state index contributed by atoms with van der Waals surface area (Å²) in [5.41, 5.74) is -0.0132. The van der Waals surface area contributed by atoms with Crippen LogP contribution in [0.15, 0.2) is 24.3 Å². The minimum atomic E-state index is -0.920.